The minimum atomic E-state index is -0.900. The molecule has 0 heterocycles. The molecule has 0 aliphatic rings. The van der Waals surface area contributed by atoms with Crippen LogP contribution in [-0.4, -0.2) is 19.0 Å². The Balaban J connectivity index is 2.21. The lowest BCUT2D eigenvalue weighted by atomic mass is 10.1. The number of rotatable bonds is 7. The van der Waals surface area contributed by atoms with E-state index in [1.165, 1.54) is 12.2 Å². The Morgan fingerprint density at radius 1 is 1.16 bits per heavy atom. The van der Waals surface area contributed by atoms with Crippen molar-refractivity contribution in [1.82, 2.24) is 0 Å². The van der Waals surface area contributed by atoms with Crippen molar-refractivity contribution in [3.05, 3.63) is 65.2 Å². The second-order valence-corrected chi connectivity index (χ2v) is 4.95. The maximum atomic E-state index is 13.6. The molecule has 0 unspecified atom stereocenters. The van der Waals surface area contributed by atoms with Crippen molar-refractivity contribution in [2.45, 2.75) is 6.92 Å². The van der Waals surface area contributed by atoms with Crippen LogP contribution in [0.3, 0.4) is 0 Å². The standard InChI is InChI=1S/C20H16F2O3/c1-3-11-25-19-10-6-14(12-20(19)24-4-2)5-9-18(23)16-8-7-15(21)13-17(16)22/h1,5-10,12-13H,4,11H2,2H3/b9-5+. The molecule has 5 heteroatoms. The molecule has 0 saturated heterocycles. The van der Waals surface area contributed by atoms with Crippen LogP contribution in [0.2, 0.25) is 0 Å². The molecule has 2 aromatic rings. The molecular formula is C20H16F2O3. The summed E-state index contributed by atoms with van der Waals surface area (Å²) in [4.78, 5) is 12.0. The number of ether oxygens (including phenoxy) is 2. The molecule has 0 amide bonds. The summed E-state index contributed by atoms with van der Waals surface area (Å²) >= 11 is 0. The molecule has 0 aromatic heterocycles. The van der Waals surface area contributed by atoms with Gasteiger partial charge in [-0.3, -0.25) is 4.79 Å². The Morgan fingerprint density at radius 3 is 2.64 bits per heavy atom. The highest BCUT2D eigenvalue weighted by molar-refractivity contribution is 6.07. The van der Waals surface area contributed by atoms with Gasteiger partial charge in [-0.1, -0.05) is 18.1 Å². The van der Waals surface area contributed by atoms with Gasteiger partial charge in [-0.2, -0.15) is 0 Å². The van der Waals surface area contributed by atoms with Gasteiger partial charge in [-0.25, -0.2) is 8.78 Å². The second-order valence-electron chi connectivity index (χ2n) is 4.95. The molecule has 0 aliphatic carbocycles. The molecule has 0 spiro atoms. The predicted molar refractivity (Wildman–Crippen MR) is 91.7 cm³/mol. The van der Waals surface area contributed by atoms with Gasteiger partial charge in [0.05, 0.1) is 12.2 Å². The lowest BCUT2D eigenvalue weighted by Gasteiger charge is -2.10. The van der Waals surface area contributed by atoms with E-state index in [1.807, 2.05) is 6.92 Å². The minimum Gasteiger partial charge on any atom is -0.490 e. The number of benzene rings is 2. The Hall–Kier alpha value is -3.13. The summed E-state index contributed by atoms with van der Waals surface area (Å²) in [5.41, 5.74) is 0.462. The van der Waals surface area contributed by atoms with Gasteiger partial charge < -0.3 is 9.47 Å². The van der Waals surface area contributed by atoms with E-state index in [0.717, 1.165) is 12.1 Å². The predicted octanol–water partition coefficient (Wildman–Crippen LogP) is 4.27. The molecule has 0 atom stereocenters. The van der Waals surface area contributed by atoms with E-state index < -0.39 is 17.4 Å². The number of ketones is 1. The first kappa shape index (κ1) is 18.2. The topological polar surface area (TPSA) is 35.5 Å². The van der Waals surface area contributed by atoms with Crippen LogP contribution in [-0.2, 0) is 0 Å². The Morgan fingerprint density at radius 2 is 1.96 bits per heavy atom. The molecule has 0 radical (unpaired) electrons. The fraction of sp³-hybridized carbons (Fsp3) is 0.150. The molecule has 2 aromatic carbocycles. The summed E-state index contributed by atoms with van der Waals surface area (Å²) in [7, 11) is 0. The van der Waals surface area contributed by atoms with Gasteiger partial charge in [0.2, 0.25) is 0 Å². The van der Waals surface area contributed by atoms with Gasteiger partial charge in [-0.15, -0.1) is 6.42 Å². The summed E-state index contributed by atoms with van der Waals surface area (Å²) in [6.07, 6.45) is 7.89. The largest absolute Gasteiger partial charge is 0.490 e. The number of carbonyl (C=O) groups is 1. The highest BCUT2D eigenvalue weighted by Gasteiger charge is 2.10. The maximum absolute atomic E-state index is 13.6. The Kier molecular flexibility index (Phi) is 6.30. The molecule has 0 bridgehead atoms. The highest BCUT2D eigenvalue weighted by atomic mass is 19.1. The molecule has 3 nitrogen and oxygen atoms in total. The average molecular weight is 342 g/mol. The van der Waals surface area contributed by atoms with Gasteiger partial charge in [0.15, 0.2) is 17.3 Å². The van der Waals surface area contributed by atoms with Crippen molar-refractivity contribution in [3.63, 3.8) is 0 Å². The van der Waals surface area contributed by atoms with E-state index in [4.69, 9.17) is 15.9 Å². The normalized spacial score (nSPS) is 10.5. The highest BCUT2D eigenvalue weighted by Crippen LogP contribution is 2.29. The average Bonchev–Trinajstić information content (AvgIpc) is 2.59. The van der Waals surface area contributed by atoms with Crippen LogP contribution in [0.5, 0.6) is 11.5 Å². The van der Waals surface area contributed by atoms with Crippen molar-refractivity contribution < 1.29 is 23.0 Å². The fourth-order valence-corrected chi connectivity index (χ4v) is 2.09. The number of halogens is 2. The number of allylic oxidation sites excluding steroid dienone is 1. The third kappa shape index (κ3) is 4.92. The van der Waals surface area contributed by atoms with E-state index >= 15 is 0 Å². The third-order valence-corrected chi connectivity index (χ3v) is 3.20. The van der Waals surface area contributed by atoms with Crippen molar-refractivity contribution >= 4 is 11.9 Å². The van der Waals surface area contributed by atoms with E-state index in [0.29, 0.717) is 29.7 Å². The van der Waals surface area contributed by atoms with Crippen molar-refractivity contribution in [2.24, 2.45) is 0 Å². The van der Waals surface area contributed by atoms with E-state index in [2.05, 4.69) is 5.92 Å². The van der Waals surface area contributed by atoms with Crippen LogP contribution < -0.4 is 9.47 Å². The van der Waals surface area contributed by atoms with Crippen LogP contribution >= 0.6 is 0 Å². The maximum Gasteiger partial charge on any atom is 0.188 e. The van der Waals surface area contributed by atoms with E-state index in [-0.39, 0.29) is 12.2 Å². The van der Waals surface area contributed by atoms with Crippen molar-refractivity contribution in [1.29, 1.82) is 0 Å². The van der Waals surface area contributed by atoms with Gasteiger partial charge in [0.1, 0.15) is 18.2 Å². The summed E-state index contributed by atoms with van der Waals surface area (Å²) in [6, 6.07) is 7.88. The zero-order chi connectivity index (χ0) is 18.2. The molecule has 0 aliphatic heterocycles. The van der Waals surface area contributed by atoms with Gasteiger partial charge in [0, 0.05) is 6.07 Å². The van der Waals surface area contributed by atoms with E-state index in [9.17, 15) is 13.6 Å². The third-order valence-electron chi connectivity index (χ3n) is 3.20. The Labute approximate surface area is 144 Å². The summed E-state index contributed by atoms with van der Waals surface area (Å²) < 4.78 is 37.4. The molecule has 0 fully saturated rings. The molecule has 128 valence electrons. The summed E-state index contributed by atoms with van der Waals surface area (Å²) in [6.45, 7) is 2.37. The minimum absolute atomic E-state index is 0.109. The SMILES string of the molecule is C#CCOc1ccc(/C=C/C(=O)c2ccc(F)cc2F)cc1OCC. The van der Waals surface area contributed by atoms with Crippen LogP contribution in [0.1, 0.15) is 22.8 Å². The number of carbonyl (C=O) groups excluding carboxylic acids is 1. The van der Waals surface area contributed by atoms with Crippen LogP contribution in [0.15, 0.2) is 42.5 Å². The fourth-order valence-electron chi connectivity index (χ4n) is 2.09. The molecular weight excluding hydrogens is 326 g/mol. The number of hydrogen-bond acceptors (Lipinski definition) is 3. The van der Waals surface area contributed by atoms with Crippen LogP contribution in [0, 0.1) is 24.0 Å². The smallest absolute Gasteiger partial charge is 0.188 e. The quantitative estimate of drug-likeness (QED) is 0.428. The molecule has 0 saturated carbocycles. The Bertz CT molecular complexity index is 835. The van der Waals surface area contributed by atoms with Gasteiger partial charge >= 0.3 is 0 Å². The summed E-state index contributed by atoms with van der Waals surface area (Å²) in [5.74, 6) is 1.15. The second kappa shape index (κ2) is 8.65. The molecule has 0 N–H and O–H groups in total. The van der Waals surface area contributed by atoms with Crippen LogP contribution in [0.4, 0.5) is 8.78 Å². The summed E-state index contributed by atoms with van der Waals surface area (Å²) in [5, 5.41) is 0. The first-order valence-corrected chi connectivity index (χ1v) is 7.55. The molecule has 2 rings (SSSR count). The molecule has 25 heavy (non-hydrogen) atoms. The lowest BCUT2D eigenvalue weighted by Crippen LogP contribution is -2.00. The zero-order valence-electron chi connectivity index (χ0n) is 13.6. The van der Waals surface area contributed by atoms with Crippen LogP contribution in [0.25, 0.3) is 6.08 Å². The first-order valence-electron chi connectivity index (χ1n) is 7.55. The van der Waals surface area contributed by atoms with Crippen molar-refractivity contribution in [2.75, 3.05) is 13.2 Å². The first-order chi connectivity index (χ1) is 12.0. The number of terminal acetylenes is 1. The number of hydrogen-bond donors (Lipinski definition) is 0. The van der Waals surface area contributed by atoms with E-state index in [1.54, 1.807) is 18.2 Å². The zero-order valence-corrected chi connectivity index (χ0v) is 13.6. The lowest BCUT2D eigenvalue weighted by molar-refractivity contribution is 0.104. The van der Waals surface area contributed by atoms with Gasteiger partial charge in [-0.05, 0) is 42.8 Å². The monoisotopic (exact) mass is 342 g/mol. The van der Waals surface area contributed by atoms with Crippen molar-refractivity contribution in [3.8, 4) is 23.8 Å². The van der Waals surface area contributed by atoms with Gasteiger partial charge in [0.25, 0.3) is 0 Å².